The van der Waals surface area contributed by atoms with E-state index >= 15 is 0 Å². The first-order valence-electron chi connectivity index (χ1n) is 2.44. The fourth-order valence-corrected chi connectivity index (χ4v) is 0.706. The molecule has 0 heterocycles. The largest absolute Gasteiger partial charge is 0.274 e. The molecule has 0 unspecified atom stereocenters. The van der Waals surface area contributed by atoms with E-state index in [0.717, 1.165) is 0 Å². The first-order valence-corrected chi connectivity index (χ1v) is 3.99. The van der Waals surface area contributed by atoms with E-state index < -0.39 is 10.2 Å². The smallest absolute Gasteiger partial charge is 0.216 e. The van der Waals surface area contributed by atoms with Crippen molar-refractivity contribution < 1.29 is 8.42 Å². The summed E-state index contributed by atoms with van der Waals surface area (Å²) in [4.78, 5) is 0. The molecule has 0 bridgehead atoms. The molecule has 54 valence electrons. The predicted octanol–water partition coefficient (Wildman–Crippen LogP) is -0.644. The number of hydrogen-bond acceptors (Lipinski definition) is 2. The molecule has 0 aliphatic rings. The van der Waals surface area contributed by atoms with Gasteiger partial charge < -0.3 is 0 Å². The van der Waals surface area contributed by atoms with Gasteiger partial charge in [-0.15, -0.1) is 6.58 Å². The molecule has 5 heteroatoms. The molecule has 0 aliphatic heterocycles. The zero-order valence-electron chi connectivity index (χ0n) is 5.00. The molecule has 0 aromatic rings. The third-order valence-corrected chi connectivity index (χ3v) is 1.26. The summed E-state index contributed by atoms with van der Waals surface area (Å²) in [5, 5.41) is 4.60. The highest BCUT2D eigenvalue weighted by Gasteiger charge is 1.95. The Labute approximate surface area is 54.9 Å². The Kier molecular flexibility index (Phi) is 3.44. The van der Waals surface area contributed by atoms with Crippen LogP contribution in [0.2, 0.25) is 0 Å². The molecule has 9 heavy (non-hydrogen) atoms. The molecule has 3 N–H and O–H groups in total. The number of nitrogens with one attached hydrogen (secondary N) is 1. The summed E-state index contributed by atoms with van der Waals surface area (Å²) < 4.78 is 22.4. The average molecular weight is 150 g/mol. The lowest BCUT2D eigenvalue weighted by Crippen LogP contribution is -2.31. The molecule has 0 saturated heterocycles. The molecular weight excluding hydrogens is 140 g/mol. The van der Waals surface area contributed by atoms with Crippen LogP contribution in [0.25, 0.3) is 0 Å². The van der Waals surface area contributed by atoms with Crippen molar-refractivity contribution in [1.82, 2.24) is 4.72 Å². The van der Waals surface area contributed by atoms with Crippen molar-refractivity contribution in [3.63, 3.8) is 0 Å². The maximum atomic E-state index is 10.1. The van der Waals surface area contributed by atoms with E-state index in [1.807, 2.05) is 0 Å². The van der Waals surface area contributed by atoms with E-state index in [-0.39, 0.29) is 0 Å². The summed E-state index contributed by atoms with van der Waals surface area (Å²) in [6.07, 6.45) is 2.20. The van der Waals surface area contributed by atoms with Crippen molar-refractivity contribution in [2.45, 2.75) is 6.42 Å². The van der Waals surface area contributed by atoms with Crippen molar-refractivity contribution in [3.05, 3.63) is 12.7 Å². The van der Waals surface area contributed by atoms with Crippen LogP contribution in [0.1, 0.15) is 6.42 Å². The van der Waals surface area contributed by atoms with Gasteiger partial charge in [0.2, 0.25) is 0 Å². The van der Waals surface area contributed by atoms with Crippen molar-refractivity contribution in [3.8, 4) is 0 Å². The zero-order chi connectivity index (χ0) is 7.33. The van der Waals surface area contributed by atoms with Crippen LogP contribution in [0.15, 0.2) is 12.7 Å². The van der Waals surface area contributed by atoms with E-state index in [4.69, 9.17) is 0 Å². The fraction of sp³-hybridized carbons (Fsp3) is 0.500. The van der Waals surface area contributed by atoms with Crippen LogP contribution < -0.4 is 9.86 Å². The lowest BCUT2D eigenvalue weighted by atomic mass is 10.4. The van der Waals surface area contributed by atoms with Crippen LogP contribution in [-0.2, 0) is 10.2 Å². The van der Waals surface area contributed by atoms with Gasteiger partial charge in [0.25, 0.3) is 10.2 Å². The Morgan fingerprint density at radius 1 is 1.67 bits per heavy atom. The Bertz CT molecular complexity index is 173. The third-order valence-electron chi connectivity index (χ3n) is 0.652. The van der Waals surface area contributed by atoms with E-state index in [2.05, 4.69) is 16.4 Å². The molecule has 0 rings (SSSR count). The van der Waals surface area contributed by atoms with Crippen molar-refractivity contribution >= 4 is 10.2 Å². The summed E-state index contributed by atoms with van der Waals surface area (Å²) in [5.41, 5.74) is 0. The Balaban J connectivity index is 3.40. The number of rotatable bonds is 4. The summed E-state index contributed by atoms with van der Waals surface area (Å²) >= 11 is 0. The van der Waals surface area contributed by atoms with Crippen LogP contribution >= 0.6 is 0 Å². The SMILES string of the molecule is C=CCCNS(N)(=O)=O. The summed E-state index contributed by atoms with van der Waals surface area (Å²) in [6.45, 7) is 3.73. The third kappa shape index (κ3) is 7.61. The number of hydrogen-bond donors (Lipinski definition) is 2. The van der Waals surface area contributed by atoms with Gasteiger partial charge >= 0.3 is 0 Å². The lowest BCUT2D eigenvalue weighted by molar-refractivity contribution is 0.584. The van der Waals surface area contributed by atoms with E-state index in [1.54, 1.807) is 6.08 Å². The Morgan fingerprint density at radius 3 is 2.56 bits per heavy atom. The Hall–Kier alpha value is -0.390. The van der Waals surface area contributed by atoms with Gasteiger partial charge in [-0.05, 0) is 6.42 Å². The van der Waals surface area contributed by atoms with Gasteiger partial charge in [0.05, 0.1) is 0 Å². The maximum absolute atomic E-state index is 10.1. The van der Waals surface area contributed by atoms with E-state index in [9.17, 15) is 8.42 Å². The first kappa shape index (κ1) is 8.61. The van der Waals surface area contributed by atoms with Gasteiger partial charge in [0, 0.05) is 6.54 Å². The highest BCUT2D eigenvalue weighted by Crippen LogP contribution is 1.75. The van der Waals surface area contributed by atoms with E-state index in [0.29, 0.717) is 13.0 Å². The molecular formula is C4H10N2O2S. The molecule has 0 aliphatic carbocycles. The van der Waals surface area contributed by atoms with Crippen LogP contribution in [0.4, 0.5) is 0 Å². The second-order valence-electron chi connectivity index (χ2n) is 1.52. The first-order chi connectivity index (χ1) is 4.06. The van der Waals surface area contributed by atoms with Gasteiger partial charge in [-0.2, -0.15) is 8.42 Å². The normalized spacial score (nSPS) is 11.2. The van der Waals surface area contributed by atoms with Gasteiger partial charge in [-0.3, -0.25) is 0 Å². The lowest BCUT2D eigenvalue weighted by Gasteiger charge is -1.95. The molecule has 0 aromatic carbocycles. The molecule has 0 aromatic heterocycles. The second-order valence-corrected chi connectivity index (χ2v) is 2.90. The molecule has 0 fully saturated rings. The number of nitrogens with two attached hydrogens (primary N) is 1. The maximum Gasteiger partial charge on any atom is 0.274 e. The topological polar surface area (TPSA) is 72.2 Å². The molecule has 4 nitrogen and oxygen atoms in total. The van der Waals surface area contributed by atoms with Crippen LogP contribution in [0.5, 0.6) is 0 Å². The highest BCUT2D eigenvalue weighted by atomic mass is 32.2. The molecule has 0 atom stereocenters. The van der Waals surface area contributed by atoms with Gasteiger partial charge in [0.15, 0.2) is 0 Å². The standard InChI is InChI=1S/C4H10N2O2S/c1-2-3-4-6-9(5,7)8/h2,6H,1,3-4H2,(H2,5,7,8). The van der Waals surface area contributed by atoms with Crippen LogP contribution in [0, 0.1) is 0 Å². The van der Waals surface area contributed by atoms with Crippen molar-refractivity contribution in [2.24, 2.45) is 5.14 Å². The highest BCUT2D eigenvalue weighted by molar-refractivity contribution is 7.87. The minimum atomic E-state index is -3.49. The summed E-state index contributed by atoms with van der Waals surface area (Å²) in [7, 11) is -3.49. The van der Waals surface area contributed by atoms with Crippen molar-refractivity contribution in [2.75, 3.05) is 6.54 Å². The molecule has 0 amide bonds. The van der Waals surface area contributed by atoms with Gasteiger partial charge in [0.1, 0.15) is 0 Å². The molecule has 0 saturated carbocycles. The summed E-state index contributed by atoms with van der Waals surface area (Å²) in [6, 6.07) is 0. The quantitative estimate of drug-likeness (QED) is 0.413. The summed E-state index contributed by atoms with van der Waals surface area (Å²) in [5.74, 6) is 0. The predicted molar refractivity (Wildman–Crippen MR) is 35.9 cm³/mol. The minimum absolute atomic E-state index is 0.322. The monoisotopic (exact) mass is 150 g/mol. The Morgan fingerprint density at radius 2 is 2.22 bits per heavy atom. The fourth-order valence-electron chi connectivity index (χ4n) is 0.303. The van der Waals surface area contributed by atoms with Crippen LogP contribution in [0.3, 0.4) is 0 Å². The van der Waals surface area contributed by atoms with E-state index in [1.165, 1.54) is 0 Å². The van der Waals surface area contributed by atoms with Gasteiger partial charge in [-0.25, -0.2) is 9.86 Å². The molecule has 0 radical (unpaired) electrons. The second kappa shape index (κ2) is 3.60. The minimum Gasteiger partial charge on any atom is -0.216 e. The van der Waals surface area contributed by atoms with Gasteiger partial charge in [-0.1, -0.05) is 6.08 Å². The van der Waals surface area contributed by atoms with Crippen LogP contribution in [-0.4, -0.2) is 15.0 Å². The van der Waals surface area contributed by atoms with Crippen molar-refractivity contribution in [1.29, 1.82) is 0 Å². The zero-order valence-corrected chi connectivity index (χ0v) is 5.82. The average Bonchev–Trinajstić information content (AvgIpc) is 1.63. The molecule has 0 spiro atoms.